The number of phenols is 1. The van der Waals surface area contributed by atoms with E-state index in [0.29, 0.717) is 40.5 Å². The Kier molecular flexibility index (Phi) is 8.01. The van der Waals surface area contributed by atoms with Gasteiger partial charge in [-0.25, -0.2) is 4.39 Å². The highest BCUT2D eigenvalue weighted by Gasteiger charge is 2.31. The summed E-state index contributed by atoms with van der Waals surface area (Å²) in [6, 6.07) is 10.8. The Morgan fingerprint density at radius 3 is 2.58 bits per heavy atom. The second-order valence-corrected chi connectivity index (χ2v) is 13.2. The number of phenolic OH excluding ortho intramolecular Hbond substituents is 1. The number of nitrogens with one attached hydrogen (secondary N) is 2. The van der Waals surface area contributed by atoms with Crippen molar-refractivity contribution in [2.24, 2.45) is 0 Å². The summed E-state index contributed by atoms with van der Waals surface area (Å²) < 4.78 is 68.3. The molecule has 3 aromatic rings. The largest absolute Gasteiger partial charge is 0.506 e. The van der Waals surface area contributed by atoms with Gasteiger partial charge in [-0.2, -0.15) is 13.2 Å². The number of anilines is 2. The zero-order valence-electron chi connectivity index (χ0n) is 21.4. The van der Waals surface area contributed by atoms with E-state index in [4.69, 9.17) is 0 Å². The van der Waals surface area contributed by atoms with Crippen molar-refractivity contribution in [2.75, 3.05) is 50.6 Å². The quantitative estimate of drug-likeness (QED) is 0.173. The third-order valence-electron chi connectivity index (χ3n) is 6.56. The van der Waals surface area contributed by atoms with Crippen LogP contribution in [-0.2, 0) is 11.1 Å². The van der Waals surface area contributed by atoms with E-state index in [-0.39, 0.29) is 18.0 Å². The van der Waals surface area contributed by atoms with E-state index in [2.05, 4.69) is 22.5 Å². The van der Waals surface area contributed by atoms with Crippen molar-refractivity contribution in [1.29, 1.82) is 0 Å². The van der Waals surface area contributed by atoms with Crippen LogP contribution in [0.5, 0.6) is 5.75 Å². The molecule has 1 aromatic heterocycles. The average molecular weight is 551 g/mol. The molecule has 2 atom stereocenters. The highest BCUT2D eigenvalue weighted by molar-refractivity contribution is 7.70. The molecule has 0 aliphatic carbocycles. The molecular formula is C27H31F4N4O2P. The molecule has 2 aromatic carbocycles. The van der Waals surface area contributed by atoms with Gasteiger partial charge in [0.15, 0.2) is 0 Å². The Bertz CT molecular complexity index is 1420. The van der Waals surface area contributed by atoms with Crippen LogP contribution in [0.1, 0.15) is 12.1 Å². The Labute approximate surface area is 219 Å². The van der Waals surface area contributed by atoms with Gasteiger partial charge in [0.1, 0.15) is 25.6 Å². The zero-order valence-corrected chi connectivity index (χ0v) is 22.3. The van der Waals surface area contributed by atoms with Gasteiger partial charge in [0, 0.05) is 29.5 Å². The van der Waals surface area contributed by atoms with E-state index in [1.807, 2.05) is 11.9 Å². The number of piperidine rings is 1. The van der Waals surface area contributed by atoms with Crippen LogP contribution in [0.3, 0.4) is 0 Å². The predicted octanol–water partition coefficient (Wildman–Crippen LogP) is 5.07. The van der Waals surface area contributed by atoms with Crippen LogP contribution in [0, 0.1) is 11.8 Å². The normalized spacial score (nSPS) is 18.7. The molecule has 1 aliphatic heterocycles. The first kappa shape index (κ1) is 27.9. The maximum absolute atomic E-state index is 14.6. The van der Waals surface area contributed by atoms with Crippen molar-refractivity contribution in [2.45, 2.75) is 31.4 Å². The number of nitrogens with zero attached hydrogens (tertiary/aromatic N) is 2. The van der Waals surface area contributed by atoms with Crippen molar-refractivity contribution in [3.8, 4) is 17.6 Å². The molecule has 2 heterocycles. The average Bonchev–Trinajstić information content (AvgIpc) is 3.15. The standard InChI is InChI=1S/C27H31F4N4O2P/c1-34-13-11-23(21(28)16-34)33-22-7-4-8-25-20(22)14-18(35(25)17-27(29,30)31)6-5-12-32-24-10-9-19(15-26(24)36)38(2,3)37/h4,7-10,14-15,21,23,32-33,36H,11-13,16-17H2,1-3H3/t21?,23-/m1/s1. The number of fused-ring (bicyclic) bond motifs is 1. The third-order valence-corrected chi connectivity index (χ3v) is 8.08. The van der Waals surface area contributed by atoms with E-state index in [1.165, 1.54) is 6.07 Å². The molecule has 0 radical (unpaired) electrons. The summed E-state index contributed by atoms with van der Waals surface area (Å²) in [4.78, 5) is 1.91. The second kappa shape index (κ2) is 10.9. The fourth-order valence-corrected chi connectivity index (χ4v) is 5.43. The first-order chi connectivity index (χ1) is 17.8. The van der Waals surface area contributed by atoms with E-state index in [1.54, 1.807) is 49.7 Å². The van der Waals surface area contributed by atoms with Crippen molar-refractivity contribution in [3.05, 3.63) is 48.2 Å². The molecule has 11 heteroatoms. The van der Waals surface area contributed by atoms with Gasteiger partial charge in [-0.1, -0.05) is 12.0 Å². The van der Waals surface area contributed by atoms with Gasteiger partial charge in [-0.3, -0.25) is 0 Å². The smallest absolute Gasteiger partial charge is 0.406 e. The fourth-order valence-electron chi connectivity index (χ4n) is 4.56. The van der Waals surface area contributed by atoms with Crippen LogP contribution in [0.25, 0.3) is 10.9 Å². The van der Waals surface area contributed by atoms with Crippen molar-refractivity contribution < 1.29 is 27.2 Å². The molecule has 38 heavy (non-hydrogen) atoms. The lowest BCUT2D eigenvalue weighted by atomic mass is 10.0. The van der Waals surface area contributed by atoms with Crippen molar-refractivity contribution in [3.63, 3.8) is 0 Å². The Balaban J connectivity index is 1.59. The predicted molar refractivity (Wildman–Crippen MR) is 145 cm³/mol. The van der Waals surface area contributed by atoms with Gasteiger partial charge in [-0.05, 0) is 69.1 Å². The Morgan fingerprint density at radius 1 is 1.16 bits per heavy atom. The van der Waals surface area contributed by atoms with Gasteiger partial charge >= 0.3 is 6.18 Å². The van der Waals surface area contributed by atoms with Gasteiger partial charge < -0.3 is 29.8 Å². The molecule has 3 N–H and O–H groups in total. The number of benzene rings is 2. The van der Waals surface area contributed by atoms with Gasteiger partial charge in [-0.15, -0.1) is 0 Å². The number of alkyl halides is 4. The van der Waals surface area contributed by atoms with Crippen LogP contribution in [0.15, 0.2) is 42.5 Å². The zero-order chi connectivity index (χ0) is 27.7. The van der Waals surface area contributed by atoms with E-state index < -0.39 is 32.1 Å². The molecule has 1 fully saturated rings. The lowest BCUT2D eigenvalue weighted by Gasteiger charge is -2.33. The van der Waals surface area contributed by atoms with Crippen molar-refractivity contribution in [1.82, 2.24) is 9.47 Å². The number of rotatable bonds is 6. The van der Waals surface area contributed by atoms with E-state index >= 15 is 0 Å². The summed E-state index contributed by atoms with van der Waals surface area (Å²) >= 11 is 0. The van der Waals surface area contributed by atoms with Crippen LogP contribution in [0.2, 0.25) is 0 Å². The molecule has 1 aliphatic rings. The maximum atomic E-state index is 14.6. The van der Waals surface area contributed by atoms with Crippen molar-refractivity contribution >= 4 is 34.7 Å². The molecule has 0 saturated carbocycles. The molecule has 0 spiro atoms. The van der Waals surface area contributed by atoms with Gasteiger partial charge in [0.25, 0.3) is 0 Å². The first-order valence-electron chi connectivity index (χ1n) is 12.2. The second-order valence-electron chi connectivity index (χ2n) is 9.99. The molecular weight excluding hydrogens is 519 g/mol. The number of aromatic nitrogens is 1. The Hall–Kier alpha value is -3.15. The topological polar surface area (TPSA) is 69.5 Å². The Morgan fingerprint density at radius 2 is 1.92 bits per heavy atom. The van der Waals surface area contributed by atoms with Crippen LogP contribution < -0.4 is 15.9 Å². The van der Waals surface area contributed by atoms with Crippen LogP contribution in [-0.4, -0.2) is 73.0 Å². The minimum atomic E-state index is -4.46. The molecule has 204 valence electrons. The van der Waals surface area contributed by atoms with Gasteiger partial charge in [0.2, 0.25) is 0 Å². The maximum Gasteiger partial charge on any atom is 0.406 e. The summed E-state index contributed by atoms with van der Waals surface area (Å²) in [5, 5.41) is 17.4. The van der Waals surface area contributed by atoms with E-state index in [9.17, 15) is 27.2 Å². The molecule has 4 rings (SSSR count). The molecule has 1 saturated heterocycles. The van der Waals surface area contributed by atoms with Crippen LogP contribution in [0.4, 0.5) is 28.9 Å². The molecule has 6 nitrogen and oxygen atoms in total. The summed E-state index contributed by atoms with van der Waals surface area (Å²) in [7, 11) is -0.682. The monoisotopic (exact) mass is 550 g/mol. The third kappa shape index (κ3) is 6.64. The number of likely N-dealkylation sites (tertiary alicyclic amines) is 1. The summed E-state index contributed by atoms with van der Waals surface area (Å²) in [5.74, 6) is 5.55. The summed E-state index contributed by atoms with van der Waals surface area (Å²) in [6.45, 7) is 3.06. The summed E-state index contributed by atoms with van der Waals surface area (Å²) in [5.41, 5.74) is 1.46. The fraction of sp³-hybridized carbons (Fsp3) is 0.407. The lowest BCUT2D eigenvalue weighted by molar-refractivity contribution is -0.140. The SMILES string of the molecule is CN1CC[C@@H](Nc2cccc3c2cc(C#CCNc2ccc(P(C)(C)=O)cc2O)n3CC(F)(F)F)C(F)C1. The van der Waals surface area contributed by atoms with E-state index in [0.717, 1.165) is 11.1 Å². The summed E-state index contributed by atoms with van der Waals surface area (Å²) in [6.07, 6.45) is -4.98. The van der Waals surface area contributed by atoms with Gasteiger partial charge in [0.05, 0.1) is 29.5 Å². The highest BCUT2D eigenvalue weighted by Crippen LogP contribution is 2.37. The first-order valence-corrected chi connectivity index (χ1v) is 14.8. The van der Waals surface area contributed by atoms with Crippen LogP contribution >= 0.6 is 7.14 Å². The number of hydrogen-bond donors (Lipinski definition) is 3. The number of aromatic hydroxyl groups is 1. The minimum absolute atomic E-state index is 0.0561. The molecule has 0 amide bonds. The minimum Gasteiger partial charge on any atom is -0.506 e. The number of halogens is 4. The number of hydrogen-bond acceptors (Lipinski definition) is 5. The molecule has 1 unspecified atom stereocenters. The lowest BCUT2D eigenvalue weighted by Crippen LogP contribution is -2.46. The highest BCUT2D eigenvalue weighted by atomic mass is 31.2. The molecule has 0 bridgehead atoms.